The van der Waals surface area contributed by atoms with Crippen LogP contribution in [-0.4, -0.2) is 17.7 Å². The quantitative estimate of drug-likeness (QED) is 0.827. The van der Waals surface area contributed by atoms with E-state index < -0.39 is 0 Å². The summed E-state index contributed by atoms with van der Waals surface area (Å²) in [5, 5.41) is 4.98. The molecule has 2 aromatic heterocycles. The highest BCUT2D eigenvalue weighted by molar-refractivity contribution is 8.01. The molecular formula is C13H15NO2S2. The first-order valence-corrected chi connectivity index (χ1v) is 7.58. The van der Waals surface area contributed by atoms with Crippen LogP contribution in [-0.2, 0) is 11.2 Å². The fourth-order valence-corrected chi connectivity index (χ4v) is 3.18. The van der Waals surface area contributed by atoms with Crippen LogP contribution in [0.2, 0.25) is 0 Å². The molecule has 0 saturated carbocycles. The van der Waals surface area contributed by atoms with E-state index in [-0.39, 0.29) is 11.9 Å². The predicted octanol–water partition coefficient (Wildman–Crippen LogP) is 3.18. The van der Waals surface area contributed by atoms with Gasteiger partial charge in [0.25, 0.3) is 0 Å². The first-order chi connectivity index (χ1) is 8.74. The van der Waals surface area contributed by atoms with E-state index in [1.807, 2.05) is 36.6 Å². The van der Waals surface area contributed by atoms with Gasteiger partial charge in [0.2, 0.25) is 5.91 Å². The Morgan fingerprint density at radius 1 is 1.50 bits per heavy atom. The van der Waals surface area contributed by atoms with Crippen LogP contribution in [0.5, 0.6) is 0 Å². The summed E-state index contributed by atoms with van der Waals surface area (Å²) in [7, 11) is 0. The lowest BCUT2D eigenvalue weighted by Crippen LogP contribution is -2.35. The van der Waals surface area contributed by atoms with Crippen molar-refractivity contribution in [2.75, 3.05) is 5.75 Å². The highest BCUT2D eigenvalue weighted by Crippen LogP contribution is 2.22. The Labute approximate surface area is 115 Å². The minimum atomic E-state index is 0.0625. The lowest BCUT2D eigenvalue weighted by molar-refractivity contribution is -0.119. The smallest absolute Gasteiger partial charge is 0.230 e. The Hall–Kier alpha value is -1.20. The molecule has 0 saturated heterocycles. The van der Waals surface area contributed by atoms with E-state index in [9.17, 15) is 4.79 Å². The predicted molar refractivity (Wildman–Crippen MR) is 75.1 cm³/mol. The molecular weight excluding hydrogens is 266 g/mol. The summed E-state index contributed by atoms with van der Waals surface area (Å²) in [6, 6.07) is 7.88. The molecule has 0 spiro atoms. The molecule has 1 atom stereocenters. The van der Waals surface area contributed by atoms with Gasteiger partial charge in [-0.2, -0.15) is 0 Å². The Morgan fingerprint density at radius 3 is 3.06 bits per heavy atom. The van der Waals surface area contributed by atoms with E-state index in [2.05, 4.69) is 5.32 Å². The van der Waals surface area contributed by atoms with Crippen molar-refractivity contribution in [1.29, 1.82) is 0 Å². The average molecular weight is 281 g/mol. The standard InChI is InChI=1S/C13H15NO2S2/c1-10(8-11-4-2-6-16-11)14-12(15)9-18-13-5-3-7-17-13/h2-7,10H,8-9H2,1H3,(H,14,15)/t10-/m0/s1. The van der Waals surface area contributed by atoms with Gasteiger partial charge in [-0.25, -0.2) is 0 Å². The Kier molecular flexibility index (Phi) is 4.90. The van der Waals surface area contributed by atoms with Crippen molar-refractivity contribution < 1.29 is 9.21 Å². The summed E-state index contributed by atoms with van der Waals surface area (Å²) >= 11 is 3.22. The average Bonchev–Trinajstić information content (AvgIpc) is 2.98. The van der Waals surface area contributed by atoms with E-state index in [0.717, 1.165) is 12.2 Å². The molecule has 1 N–H and O–H groups in total. The number of nitrogens with one attached hydrogen (secondary N) is 1. The summed E-state index contributed by atoms with van der Waals surface area (Å²) in [6.07, 6.45) is 2.37. The van der Waals surface area contributed by atoms with Gasteiger partial charge < -0.3 is 9.73 Å². The number of thioether (sulfide) groups is 1. The van der Waals surface area contributed by atoms with Crippen LogP contribution in [0.15, 0.2) is 44.5 Å². The highest BCUT2D eigenvalue weighted by atomic mass is 32.2. The monoisotopic (exact) mass is 281 g/mol. The zero-order valence-corrected chi connectivity index (χ0v) is 11.7. The van der Waals surface area contributed by atoms with Gasteiger partial charge in [0, 0.05) is 12.5 Å². The molecule has 0 bridgehead atoms. The molecule has 0 radical (unpaired) electrons. The molecule has 5 heteroatoms. The molecule has 0 aliphatic rings. The minimum absolute atomic E-state index is 0.0625. The van der Waals surface area contributed by atoms with E-state index in [1.54, 1.807) is 29.4 Å². The van der Waals surface area contributed by atoms with E-state index in [4.69, 9.17) is 4.42 Å². The molecule has 18 heavy (non-hydrogen) atoms. The fourth-order valence-electron chi connectivity index (χ4n) is 1.58. The lowest BCUT2D eigenvalue weighted by Gasteiger charge is -2.11. The maximum Gasteiger partial charge on any atom is 0.230 e. The molecule has 3 nitrogen and oxygen atoms in total. The number of carbonyl (C=O) groups is 1. The van der Waals surface area contributed by atoms with Crippen LogP contribution in [0.1, 0.15) is 12.7 Å². The zero-order chi connectivity index (χ0) is 12.8. The number of thiophene rings is 1. The first-order valence-electron chi connectivity index (χ1n) is 5.72. The van der Waals surface area contributed by atoms with Gasteiger partial charge in [0.15, 0.2) is 0 Å². The second kappa shape index (κ2) is 6.66. The number of hydrogen-bond donors (Lipinski definition) is 1. The van der Waals surface area contributed by atoms with Gasteiger partial charge in [-0.15, -0.1) is 23.1 Å². The molecule has 0 fully saturated rings. The van der Waals surface area contributed by atoms with E-state index in [1.165, 1.54) is 4.21 Å². The second-order valence-electron chi connectivity index (χ2n) is 3.97. The lowest BCUT2D eigenvalue weighted by atomic mass is 10.2. The molecule has 2 rings (SSSR count). The molecule has 0 aliphatic carbocycles. The number of amides is 1. The third-order valence-corrected chi connectivity index (χ3v) is 4.47. The van der Waals surface area contributed by atoms with Crippen molar-refractivity contribution in [3.8, 4) is 0 Å². The largest absolute Gasteiger partial charge is 0.469 e. The van der Waals surface area contributed by atoms with Crippen molar-refractivity contribution in [1.82, 2.24) is 5.32 Å². The number of rotatable bonds is 6. The van der Waals surface area contributed by atoms with Crippen LogP contribution in [0.4, 0.5) is 0 Å². The molecule has 1 amide bonds. The van der Waals surface area contributed by atoms with Crippen LogP contribution in [0, 0.1) is 0 Å². The SMILES string of the molecule is C[C@@H](Cc1ccco1)NC(=O)CSc1cccs1. The van der Waals surface area contributed by atoms with Crippen LogP contribution in [0.25, 0.3) is 0 Å². The van der Waals surface area contributed by atoms with E-state index >= 15 is 0 Å². The van der Waals surface area contributed by atoms with E-state index in [0.29, 0.717) is 5.75 Å². The topological polar surface area (TPSA) is 42.2 Å². The summed E-state index contributed by atoms with van der Waals surface area (Å²) in [5.74, 6) is 1.42. The van der Waals surface area contributed by atoms with Crippen LogP contribution >= 0.6 is 23.1 Å². The van der Waals surface area contributed by atoms with Crippen LogP contribution in [0.3, 0.4) is 0 Å². The second-order valence-corrected chi connectivity index (χ2v) is 6.20. The van der Waals surface area contributed by atoms with Gasteiger partial charge in [-0.3, -0.25) is 4.79 Å². The van der Waals surface area contributed by atoms with Gasteiger partial charge >= 0.3 is 0 Å². The summed E-state index contributed by atoms with van der Waals surface area (Å²) in [6.45, 7) is 1.98. The summed E-state index contributed by atoms with van der Waals surface area (Å²) < 4.78 is 6.42. The molecule has 0 aliphatic heterocycles. The number of carbonyl (C=O) groups excluding carboxylic acids is 1. The molecule has 2 heterocycles. The summed E-state index contributed by atoms with van der Waals surface area (Å²) in [4.78, 5) is 11.7. The van der Waals surface area contributed by atoms with Crippen molar-refractivity contribution in [2.24, 2.45) is 0 Å². The Balaban J connectivity index is 1.70. The molecule has 0 unspecified atom stereocenters. The summed E-state index contributed by atoms with van der Waals surface area (Å²) in [5.41, 5.74) is 0. The molecule has 0 aromatic carbocycles. The van der Waals surface area contributed by atoms with Gasteiger partial charge in [-0.1, -0.05) is 6.07 Å². The van der Waals surface area contributed by atoms with Crippen LogP contribution < -0.4 is 5.32 Å². The van der Waals surface area contributed by atoms with Crippen molar-refractivity contribution >= 4 is 29.0 Å². The minimum Gasteiger partial charge on any atom is -0.469 e. The molecule has 2 aromatic rings. The Bertz CT molecular complexity index is 465. The van der Waals surface area contributed by atoms with Gasteiger partial charge in [0.1, 0.15) is 5.76 Å². The maximum absolute atomic E-state index is 11.7. The normalized spacial score (nSPS) is 12.3. The fraction of sp³-hybridized carbons (Fsp3) is 0.308. The van der Waals surface area contributed by atoms with Crippen molar-refractivity contribution in [3.05, 3.63) is 41.7 Å². The maximum atomic E-state index is 11.7. The molecule has 96 valence electrons. The van der Waals surface area contributed by atoms with Crippen molar-refractivity contribution in [3.63, 3.8) is 0 Å². The Morgan fingerprint density at radius 2 is 2.39 bits per heavy atom. The number of furan rings is 1. The zero-order valence-electron chi connectivity index (χ0n) is 10.1. The third kappa shape index (κ3) is 4.23. The highest BCUT2D eigenvalue weighted by Gasteiger charge is 2.10. The van der Waals surface area contributed by atoms with Gasteiger partial charge in [-0.05, 0) is 30.5 Å². The number of hydrogen-bond acceptors (Lipinski definition) is 4. The first kappa shape index (κ1) is 13.2. The van der Waals surface area contributed by atoms with Crippen molar-refractivity contribution in [2.45, 2.75) is 23.6 Å². The van der Waals surface area contributed by atoms with Gasteiger partial charge in [0.05, 0.1) is 16.2 Å². The third-order valence-electron chi connectivity index (χ3n) is 2.34.